The molecule has 0 spiro atoms. The van der Waals surface area contributed by atoms with Gasteiger partial charge in [0.25, 0.3) is 0 Å². The van der Waals surface area contributed by atoms with Gasteiger partial charge in [0, 0.05) is 18.1 Å². The van der Waals surface area contributed by atoms with Gasteiger partial charge in [0.15, 0.2) is 10.6 Å². The van der Waals surface area contributed by atoms with Gasteiger partial charge in [-0.15, -0.1) is 5.10 Å². The van der Waals surface area contributed by atoms with Crippen LogP contribution in [-0.4, -0.2) is 26.8 Å². The molecule has 8 heteroatoms. The quantitative estimate of drug-likeness (QED) is 0.663. The zero-order valence-electron chi connectivity index (χ0n) is 13.7. The van der Waals surface area contributed by atoms with Gasteiger partial charge in [-0.25, -0.2) is 4.79 Å². The van der Waals surface area contributed by atoms with Gasteiger partial charge in [0.1, 0.15) is 24.2 Å². The summed E-state index contributed by atoms with van der Waals surface area (Å²) in [6.07, 6.45) is 1.07. The summed E-state index contributed by atoms with van der Waals surface area (Å²) in [7, 11) is 0. The fourth-order valence-corrected chi connectivity index (χ4v) is 3.27. The van der Waals surface area contributed by atoms with E-state index >= 15 is 0 Å². The Hall–Kier alpha value is -2.74. The van der Waals surface area contributed by atoms with Crippen molar-refractivity contribution in [3.8, 4) is 17.1 Å². The molecule has 1 aliphatic heterocycles. The first-order chi connectivity index (χ1) is 12.1. The Bertz CT molecular complexity index is 934. The average molecular weight is 357 g/mol. The molecule has 128 valence electrons. The van der Waals surface area contributed by atoms with Crippen molar-refractivity contribution in [1.29, 1.82) is 0 Å². The zero-order chi connectivity index (χ0) is 17.4. The van der Waals surface area contributed by atoms with Crippen LogP contribution >= 0.6 is 11.5 Å². The highest BCUT2D eigenvalue weighted by Gasteiger charge is 2.20. The largest absolute Gasteiger partial charge is 0.490 e. The van der Waals surface area contributed by atoms with Crippen molar-refractivity contribution in [3.05, 3.63) is 46.1 Å². The Labute approximate surface area is 147 Å². The summed E-state index contributed by atoms with van der Waals surface area (Å²) >= 11 is 1.01. The summed E-state index contributed by atoms with van der Waals surface area (Å²) in [6.45, 7) is 3.79. The number of carbonyl (C=O) groups excluding carboxylic acids is 1. The highest BCUT2D eigenvalue weighted by molar-refractivity contribution is 7.07. The monoisotopic (exact) mass is 357 g/mol. The van der Waals surface area contributed by atoms with Crippen molar-refractivity contribution < 1.29 is 18.8 Å². The number of fused-ring (bicyclic) bond motifs is 1. The Morgan fingerprint density at radius 1 is 1.40 bits per heavy atom. The van der Waals surface area contributed by atoms with Gasteiger partial charge < -0.3 is 14.0 Å². The molecule has 0 saturated heterocycles. The van der Waals surface area contributed by atoms with Gasteiger partial charge in [0.2, 0.25) is 0 Å². The van der Waals surface area contributed by atoms with Crippen LogP contribution in [0.5, 0.6) is 5.75 Å². The Kier molecular flexibility index (Phi) is 3.96. The van der Waals surface area contributed by atoms with E-state index in [4.69, 9.17) is 14.0 Å². The Balaban J connectivity index is 1.45. The number of esters is 1. The summed E-state index contributed by atoms with van der Waals surface area (Å²) in [4.78, 5) is 12.4. The summed E-state index contributed by atoms with van der Waals surface area (Å²) in [6, 6.07) is 7.68. The van der Waals surface area contributed by atoms with Crippen molar-refractivity contribution in [2.45, 2.75) is 33.0 Å². The predicted molar refractivity (Wildman–Crippen MR) is 89.5 cm³/mol. The topological polar surface area (TPSA) is 87.3 Å². The highest BCUT2D eigenvalue weighted by Crippen LogP contribution is 2.33. The number of hydrogen-bond acceptors (Lipinski definition) is 8. The first kappa shape index (κ1) is 15.8. The number of ether oxygens (including phenoxy) is 2. The minimum Gasteiger partial charge on any atom is -0.490 e. The molecule has 0 bridgehead atoms. The molecule has 2 aromatic heterocycles. The normalized spacial score (nSPS) is 15.7. The van der Waals surface area contributed by atoms with E-state index in [9.17, 15) is 4.79 Å². The molecule has 1 atom stereocenters. The van der Waals surface area contributed by atoms with Gasteiger partial charge in [-0.1, -0.05) is 9.64 Å². The van der Waals surface area contributed by atoms with Gasteiger partial charge in [0.05, 0.1) is 5.69 Å². The van der Waals surface area contributed by atoms with Gasteiger partial charge in [-0.05, 0) is 49.1 Å². The molecule has 1 aliphatic rings. The third-order valence-electron chi connectivity index (χ3n) is 3.93. The van der Waals surface area contributed by atoms with Crippen LogP contribution in [0.25, 0.3) is 11.3 Å². The summed E-state index contributed by atoms with van der Waals surface area (Å²) in [5, 5.41) is 7.76. The first-order valence-electron chi connectivity index (χ1n) is 7.82. The van der Waals surface area contributed by atoms with Crippen molar-refractivity contribution in [3.63, 3.8) is 0 Å². The van der Waals surface area contributed by atoms with Crippen LogP contribution in [0, 0.1) is 6.92 Å². The fraction of sp³-hybridized carbons (Fsp3) is 0.294. The van der Waals surface area contributed by atoms with E-state index in [-0.39, 0.29) is 12.7 Å². The van der Waals surface area contributed by atoms with Gasteiger partial charge >= 0.3 is 5.97 Å². The third kappa shape index (κ3) is 3.12. The number of hydrogen-bond donors (Lipinski definition) is 0. The van der Waals surface area contributed by atoms with Crippen LogP contribution in [0.1, 0.15) is 33.5 Å². The average Bonchev–Trinajstić information content (AvgIpc) is 3.30. The number of rotatable bonds is 4. The van der Waals surface area contributed by atoms with E-state index in [2.05, 4.69) is 14.7 Å². The zero-order valence-corrected chi connectivity index (χ0v) is 14.5. The highest BCUT2D eigenvalue weighted by atomic mass is 32.1. The summed E-state index contributed by atoms with van der Waals surface area (Å²) in [5.41, 5.74) is 3.18. The van der Waals surface area contributed by atoms with E-state index in [0.29, 0.717) is 22.0 Å². The molecule has 0 N–H and O–H groups in total. The fourth-order valence-electron chi connectivity index (χ4n) is 2.72. The first-order valence-corrected chi connectivity index (χ1v) is 8.59. The van der Waals surface area contributed by atoms with Crippen molar-refractivity contribution in [2.24, 2.45) is 0 Å². The standard InChI is InChI=1S/C17H15N3O4S/c1-9-5-12-6-11(3-4-14(12)23-9)15-7-13(19-24-15)8-22-17(21)16-10(2)18-20-25-16/h3-4,6-7,9H,5,8H2,1-2H3/t9-/m0/s1. The molecule has 0 unspecified atom stereocenters. The minimum atomic E-state index is -0.458. The molecule has 25 heavy (non-hydrogen) atoms. The molecule has 0 fully saturated rings. The second kappa shape index (κ2) is 6.29. The predicted octanol–water partition coefficient (Wildman–Crippen LogP) is 3.18. The lowest BCUT2D eigenvalue weighted by atomic mass is 10.1. The van der Waals surface area contributed by atoms with Crippen LogP contribution in [0.15, 0.2) is 28.8 Å². The SMILES string of the molecule is Cc1nnsc1C(=O)OCc1cc(-c2ccc3c(c2)C[C@H](C)O3)on1. The Morgan fingerprint density at radius 2 is 2.28 bits per heavy atom. The molecule has 0 amide bonds. The molecular formula is C17H15N3O4S. The molecule has 0 aliphatic carbocycles. The van der Waals surface area contributed by atoms with Crippen LogP contribution in [0.2, 0.25) is 0 Å². The second-order valence-corrected chi connectivity index (χ2v) is 6.66. The Morgan fingerprint density at radius 3 is 3.08 bits per heavy atom. The van der Waals surface area contributed by atoms with E-state index in [1.165, 1.54) is 0 Å². The minimum absolute atomic E-state index is 0.0325. The molecular weight excluding hydrogens is 342 g/mol. The second-order valence-electron chi connectivity index (χ2n) is 5.90. The lowest BCUT2D eigenvalue weighted by Crippen LogP contribution is -2.05. The summed E-state index contributed by atoms with van der Waals surface area (Å²) in [5.74, 6) is 1.09. The van der Waals surface area contributed by atoms with E-state index in [0.717, 1.165) is 34.8 Å². The number of nitrogens with zero attached hydrogens (tertiary/aromatic N) is 3. The van der Waals surface area contributed by atoms with E-state index in [1.54, 1.807) is 13.0 Å². The molecule has 4 rings (SSSR count). The smallest absolute Gasteiger partial charge is 0.352 e. The van der Waals surface area contributed by atoms with Crippen LogP contribution in [0.4, 0.5) is 0 Å². The van der Waals surface area contributed by atoms with Gasteiger partial charge in [-0.3, -0.25) is 0 Å². The lowest BCUT2D eigenvalue weighted by Gasteiger charge is -2.02. The van der Waals surface area contributed by atoms with Crippen LogP contribution < -0.4 is 4.74 Å². The van der Waals surface area contributed by atoms with Crippen molar-refractivity contribution >= 4 is 17.5 Å². The summed E-state index contributed by atoms with van der Waals surface area (Å²) < 4.78 is 20.0. The maximum Gasteiger partial charge on any atom is 0.352 e. The van der Waals surface area contributed by atoms with E-state index < -0.39 is 5.97 Å². The molecule has 3 aromatic rings. The van der Waals surface area contributed by atoms with Crippen molar-refractivity contribution in [1.82, 2.24) is 14.7 Å². The number of benzene rings is 1. The number of aromatic nitrogens is 3. The lowest BCUT2D eigenvalue weighted by molar-refractivity contribution is 0.0469. The van der Waals surface area contributed by atoms with E-state index in [1.807, 2.05) is 25.1 Å². The maximum atomic E-state index is 12.0. The number of carbonyl (C=O) groups is 1. The molecule has 3 heterocycles. The number of aryl methyl sites for hydroxylation is 1. The molecule has 1 aromatic carbocycles. The van der Waals surface area contributed by atoms with Crippen LogP contribution in [-0.2, 0) is 17.8 Å². The molecule has 7 nitrogen and oxygen atoms in total. The maximum absolute atomic E-state index is 12.0. The molecule has 0 radical (unpaired) electrons. The molecule has 0 saturated carbocycles. The van der Waals surface area contributed by atoms with Gasteiger partial charge in [-0.2, -0.15) is 0 Å². The van der Waals surface area contributed by atoms with Crippen LogP contribution in [0.3, 0.4) is 0 Å². The third-order valence-corrected chi connectivity index (χ3v) is 4.74. The van der Waals surface area contributed by atoms with Crippen molar-refractivity contribution in [2.75, 3.05) is 0 Å².